The highest BCUT2D eigenvalue weighted by Crippen LogP contribution is 2.26. The van der Waals surface area contributed by atoms with Crippen LogP contribution in [0.15, 0.2) is 41.8 Å². The number of thiophene rings is 1. The summed E-state index contributed by atoms with van der Waals surface area (Å²) >= 11 is 1.81. The maximum atomic E-state index is 9.01. The third-order valence-electron chi connectivity index (χ3n) is 4.31. The van der Waals surface area contributed by atoms with Gasteiger partial charge in [-0.3, -0.25) is 4.90 Å². The fraction of sp³-hybridized carbons (Fsp3) is 0.421. The molecule has 0 aliphatic carbocycles. The van der Waals surface area contributed by atoms with E-state index in [1.54, 1.807) is 0 Å². The lowest BCUT2D eigenvalue weighted by molar-refractivity contribution is -0.0339. The summed E-state index contributed by atoms with van der Waals surface area (Å²) in [6, 6.07) is 14.7. The largest absolute Gasteiger partial charge is 0.376 e. The summed E-state index contributed by atoms with van der Waals surface area (Å²) in [5, 5.41) is 14.7. The first kappa shape index (κ1) is 17.1. The summed E-state index contributed by atoms with van der Waals surface area (Å²) in [5.41, 5.74) is 1.86. The number of hydrogen-bond acceptors (Lipinski definition) is 5. The summed E-state index contributed by atoms with van der Waals surface area (Å²) < 4.78 is 5.69. The number of nitrogens with one attached hydrogen (secondary N) is 1. The van der Waals surface area contributed by atoms with Gasteiger partial charge in [0.05, 0.1) is 30.4 Å². The molecule has 0 spiro atoms. The molecule has 2 atom stereocenters. The lowest BCUT2D eigenvalue weighted by Crippen LogP contribution is -2.45. The predicted octanol–water partition coefficient (Wildman–Crippen LogP) is 3.17. The number of ether oxygens (including phenoxy) is 1. The molecule has 0 unspecified atom stereocenters. The van der Waals surface area contributed by atoms with Crippen LogP contribution in [0.25, 0.3) is 0 Å². The molecule has 0 amide bonds. The quantitative estimate of drug-likeness (QED) is 0.877. The third kappa shape index (κ3) is 4.43. The number of nitrogens with zero attached hydrogens (tertiary/aromatic N) is 2. The van der Waals surface area contributed by atoms with Crippen molar-refractivity contribution in [2.24, 2.45) is 0 Å². The minimum Gasteiger partial charge on any atom is -0.376 e. The van der Waals surface area contributed by atoms with Crippen LogP contribution in [0.2, 0.25) is 0 Å². The van der Waals surface area contributed by atoms with Crippen molar-refractivity contribution in [2.45, 2.75) is 25.6 Å². The second-order valence-corrected chi connectivity index (χ2v) is 7.13. The lowest BCUT2D eigenvalue weighted by atomic mass is 10.1. The molecule has 1 aromatic heterocycles. The van der Waals surface area contributed by atoms with Crippen molar-refractivity contribution in [3.8, 4) is 6.07 Å². The molecule has 1 fully saturated rings. The minimum atomic E-state index is 0.286. The Bertz CT molecular complexity index is 680. The maximum absolute atomic E-state index is 9.01. The van der Waals surface area contributed by atoms with E-state index in [1.807, 2.05) is 29.5 Å². The van der Waals surface area contributed by atoms with Gasteiger partial charge in [-0.2, -0.15) is 5.26 Å². The van der Waals surface area contributed by atoms with E-state index in [-0.39, 0.29) is 6.10 Å². The van der Waals surface area contributed by atoms with Crippen LogP contribution < -0.4 is 5.32 Å². The van der Waals surface area contributed by atoms with E-state index in [0.717, 1.165) is 38.3 Å². The number of hydrogen-bond donors (Lipinski definition) is 1. The molecule has 5 heteroatoms. The van der Waals surface area contributed by atoms with E-state index in [0.29, 0.717) is 11.6 Å². The van der Waals surface area contributed by atoms with Gasteiger partial charge in [0.15, 0.2) is 0 Å². The average Bonchev–Trinajstić information content (AvgIpc) is 3.13. The van der Waals surface area contributed by atoms with Crippen molar-refractivity contribution in [2.75, 3.05) is 26.2 Å². The molecule has 1 N–H and O–H groups in total. The SMILES string of the molecule is C[C@@H]1CN([C@@H](CNCc2cccc(C#N)c2)c2cccs2)CCO1. The Morgan fingerprint density at radius 2 is 2.33 bits per heavy atom. The molecular weight excluding hydrogens is 318 g/mol. The van der Waals surface area contributed by atoms with Gasteiger partial charge < -0.3 is 10.1 Å². The molecule has 3 rings (SSSR count). The number of benzene rings is 1. The van der Waals surface area contributed by atoms with Crippen LogP contribution in [0.3, 0.4) is 0 Å². The molecule has 126 valence electrons. The minimum absolute atomic E-state index is 0.286. The Balaban J connectivity index is 1.63. The molecule has 4 nitrogen and oxygen atoms in total. The van der Waals surface area contributed by atoms with Crippen molar-refractivity contribution in [1.29, 1.82) is 5.26 Å². The van der Waals surface area contributed by atoms with Crippen molar-refractivity contribution < 1.29 is 4.74 Å². The van der Waals surface area contributed by atoms with Crippen molar-refractivity contribution >= 4 is 11.3 Å². The summed E-state index contributed by atoms with van der Waals surface area (Å²) in [7, 11) is 0. The van der Waals surface area contributed by atoms with Crippen LogP contribution >= 0.6 is 11.3 Å². The summed E-state index contributed by atoms with van der Waals surface area (Å²) in [6.07, 6.45) is 0.286. The first-order chi connectivity index (χ1) is 11.8. The lowest BCUT2D eigenvalue weighted by Gasteiger charge is -2.37. The molecular formula is C19H23N3OS. The van der Waals surface area contributed by atoms with Gasteiger partial charge in [-0.25, -0.2) is 0 Å². The highest BCUT2D eigenvalue weighted by atomic mass is 32.1. The van der Waals surface area contributed by atoms with E-state index < -0.39 is 0 Å². The van der Waals surface area contributed by atoms with Crippen LogP contribution in [-0.4, -0.2) is 37.2 Å². The Labute approximate surface area is 147 Å². The number of nitriles is 1. The van der Waals surface area contributed by atoms with E-state index >= 15 is 0 Å². The van der Waals surface area contributed by atoms with Gasteiger partial charge >= 0.3 is 0 Å². The number of rotatable bonds is 6. The second kappa shape index (κ2) is 8.41. The van der Waals surface area contributed by atoms with Gasteiger partial charge in [-0.05, 0) is 36.1 Å². The summed E-state index contributed by atoms with van der Waals surface area (Å²) in [5.74, 6) is 0. The first-order valence-corrected chi connectivity index (χ1v) is 9.23. The monoisotopic (exact) mass is 341 g/mol. The summed E-state index contributed by atoms with van der Waals surface area (Å²) in [4.78, 5) is 3.90. The normalized spacial score (nSPS) is 19.8. The van der Waals surface area contributed by atoms with E-state index in [1.165, 1.54) is 4.88 Å². The van der Waals surface area contributed by atoms with Crippen LogP contribution in [0.5, 0.6) is 0 Å². The zero-order valence-electron chi connectivity index (χ0n) is 13.9. The van der Waals surface area contributed by atoms with Crippen LogP contribution in [0, 0.1) is 11.3 Å². The summed E-state index contributed by atoms with van der Waals surface area (Å²) in [6.45, 7) is 6.54. The van der Waals surface area contributed by atoms with Gasteiger partial charge in [-0.1, -0.05) is 18.2 Å². The van der Waals surface area contributed by atoms with Crippen LogP contribution in [0.1, 0.15) is 29.0 Å². The van der Waals surface area contributed by atoms with Gasteiger partial charge in [0.1, 0.15) is 0 Å². The van der Waals surface area contributed by atoms with Crippen molar-refractivity contribution in [3.05, 3.63) is 57.8 Å². The van der Waals surface area contributed by atoms with Crippen LogP contribution in [-0.2, 0) is 11.3 Å². The van der Waals surface area contributed by atoms with Gasteiger partial charge in [0.2, 0.25) is 0 Å². The fourth-order valence-corrected chi connectivity index (χ4v) is 3.98. The first-order valence-electron chi connectivity index (χ1n) is 8.35. The molecule has 1 aliphatic heterocycles. The molecule has 0 saturated carbocycles. The topological polar surface area (TPSA) is 48.3 Å². The second-order valence-electron chi connectivity index (χ2n) is 6.15. The van der Waals surface area contributed by atoms with E-state index in [9.17, 15) is 0 Å². The Morgan fingerprint density at radius 1 is 1.42 bits per heavy atom. The molecule has 2 aromatic rings. The zero-order valence-corrected chi connectivity index (χ0v) is 14.8. The van der Waals surface area contributed by atoms with Gasteiger partial charge in [0, 0.05) is 31.1 Å². The third-order valence-corrected chi connectivity index (χ3v) is 5.28. The fourth-order valence-electron chi connectivity index (χ4n) is 3.12. The van der Waals surface area contributed by atoms with Crippen molar-refractivity contribution in [1.82, 2.24) is 10.2 Å². The van der Waals surface area contributed by atoms with E-state index in [4.69, 9.17) is 10.00 Å². The maximum Gasteiger partial charge on any atom is 0.0991 e. The highest BCUT2D eigenvalue weighted by molar-refractivity contribution is 7.10. The zero-order chi connectivity index (χ0) is 16.8. The molecule has 2 heterocycles. The Morgan fingerprint density at radius 3 is 3.08 bits per heavy atom. The molecule has 0 radical (unpaired) electrons. The van der Waals surface area contributed by atoms with Gasteiger partial charge in [0.25, 0.3) is 0 Å². The molecule has 1 aliphatic rings. The van der Waals surface area contributed by atoms with Crippen LogP contribution in [0.4, 0.5) is 0 Å². The number of morpholine rings is 1. The molecule has 1 aromatic carbocycles. The predicted molar refractivity (Wildman–Crippen MR) is 96.9 cm³/mol. The van der Waals surface area contributed by atoms with E-state index in [2.05, 4.69) is 46.8 Å². The Kier molecular flexibility index (Phi) is 6.00. The van der Waals surface area contributed by atoms with Gasteiger partial charge in [-0.15, -0.1) is 11.3 Å². The standard InChI is InChI=1S/C19H23N3OS/c1-15-14-22(7-8-23-15)18(19-6-3-9-24-19)13-21-12-17-5-2-4-16(10-17)11-20/h2-6,9-10,15,18,21H,7-8,12-14H2,1H3/t15-,18+/m1/s1. The Hall–Kier alpha value is -1.71. The average molecular weight is 341 g/mol. The molecule has 1 saturated heterocycles. The smallest absolute Gasteiger partial charge is 0.0991 e. The highest BCUT2D eigenvalue weighted by Gasteiger charge is 2.25. The van der Waals surface area contributed by atoms with Crippen molar-refractivity contribution in [3.63, 3.8) is 0 Å². The molecule has 0 bridgehead atoms. The molecule has 24 heavy (non-hydrogen) atoms.